The number of carbonyl (C=O) groups is 1. The van der Waals surface area contributed by atoms with E-state index < -0.39 is 15.7 Å². The Bertz CT molecular complexity index is 1180. The summed E-state index contributed by atoms with van der Waals surface area (Å²) in [5, 5.41) is 4.68. The zero-order valence-electron chi connectivity index (χ0n) is 15.6. The number of aromatic nitrogens is 1. The van der Waals surface area contributed by atoms with Gasteiger partial charge in [-0.15, -0.1) is 11.3 Å². The smallest absolute Gasteiger partial charge is 0.227 e. The lowest BCUT2D eigenvalue weighted by Gasteiger charge is -2.18. The molecule has 10 heteroatoms. The SMILES string of the molecule is O=C(CCS(=O)(=O)c1ccc2c(c1)OCCO2)Nc1nc(-c2ccc(F)cc2)cs1. The molecule has 0 bridgehead atoms. The number of thiazole rings is 1. The second kappa shape index (κ2) is 8.41. The first-order chi connectivity index (χ1) is 14.4. The van der Waals surface area contributed by atoms with E-state index in [2.05, 4.69) is 10.3 Å². The largest absolute Gasteiger partial charge is 0.486 e. The molecule has 1 amide bonds. The highest BCUT2D eigenvalue weighted by molar-refractivity contribution is 7.91. The van der Waals surface area contributed by atoms with Gasteiger partial charge >= 0.3 is 0 Å². The minimum Gasteiger partial charge on any atom is -0.486 e. The third-order valence-corrected chi connectivity index (χ3v) is 6.83. The Kier molecular flexibility index (Phi) is 5.69. The van der Waals surface area contributed by atoms with E-state index in [0.717, 1.165) is 0 Å². The number of ether oxygens (including phenoxy) is 2. The number of anilines is 1. The molecule has 0 aliphatic carbocycles. The first kappa shape index (κ1) is 20.3. The number of amides is 1. The van der Waals surface area contributed by atoms with Crippen LogP contribution in [0.25, 0.3) is 11.3 Å². The van der Waals surface area contributed by atoms with Gasteiger partial charge in [0.05, 0.1) is 16.3 Å². The molecule has 7 nitrogen and oxygen atoms in total. The zero-order valence-corrected chi connectivity index (χ0v) is 17.3. The van der Waals surface area contributed by atoms with Gasteiger partial charge in [-0.05, 0) is 36.4 Å². The molecule has 2 heterocycles. The highest BCUT2D eigenvalue weighted by atomic mass is 32.2. The summed E-state index contributed by atoms with van der Waals surface area (Å²) in [4.78, 5) is 16.6. The molecule has 156 valence electrons. The van der Waals surface area contributed by atoms with Crippen LogP contribution in [0.1, 0.15) is 6.42 Å². The minimum absolute atomic E-state index is 0.0763. The van der Waals surface area contributed by atoms with Crippen molar-refractivity contribution >= 4 is 32.2 Å². The number of nitrogens with one attached hydrogen (secondary N) is 1. The van der Waals surface area contributed by atoms with Crippen LogP contribution in [0.15, 0.2) is 52.7 Å². The number of fused-ring (bicyclic) bond motifs is 1. The number of hydrogen-bond acceptors (Lipinski definition) is 7. The molecule has 0 radical (unpaired) electrons. The van der Waals surface area contributed by atoms with Crippen LogP contribution in [-0.2, 0) is 14.6 Å². The predicted molar refractivity (Wildman–Crippen MR) is 110 cm³/mol. The maximum Gasteiger partial charge on any atom is 0.227 e. The summed E-state index contributed by atoms with van der Waals surface area (Å²) in [7, 11) is -3.67. The van der Waals surface area contributed by atoms with Crippen LogP contribution in [-0.4, -0.2) is 38.3 Å². The summed E-state index contributed by atoms with van der Waals surface area (Å²) < 4.78 is 49.0. The fourth-order valence-electron chi connectivity index (χ4n) is 2.83. The Morgan fingerprint density at radius 1 is 1.10 bits per heavy atom. The Hall–Kier alpha value is -2.98. The second-order valence-electron chi connectivity index (χ2n) is 6.47. The number of benzene rings is 2. The standard InChI is InChI=1S/C20H17FN2O5S2/c21-14-3-1-13(2-4-14)16-12-29-20(22-16)23-19(24)7-10-30(25,26)15-5-6-17-18(11-15)28-9-8-27-17/h1-6,11-12H,7-10H2,(H,22,23,24). The summed E-state index contributed by atoms with van der Waals surface area (Å²) >= 11 is 1.21. The lowest BCUT2D eigenvalue weighted by atomic mass is 10.2. The molecule has 2 aromatic carbocycles. The van der Waals surface area contributed by atoms with E-state index in [1.165, 1.54) is 35.6 Å². The van der Waals surface area contributed by atoms with Crippen molar-refractivity contribution in [2.45, 2.75) is 11.3 Å². The van der Waals surface area contributed by atoms with E-state index in [0.29, 0.717) is 41.1 Å². The highest BCUT2D eigenvalue weighted by Crippen LogP contribution is 2.32. The first-order valence-corrected chi connectivity index (χ1v) is 11.6. The predicted octanol–water partition coefficient (Wildman–Crippen LogP) is 3.52. The molecule has 0 spiro atoms. The van der Waals surface area contributed by atoms with Crippen molar-refractivity contribution in [3.63, 3.8) is 0 Å². The van der Waals surface area contributed by atoms with Crippen LogP contribution in [0.2, 0.25) is 0 Å². The summed E-state index contributed by atoms with van der Waals surface area (Å²) in [5.41, 5.74) is 1.31. The molecule has 0 atom stereocenters. The van der Waals surface area contributed by atoms with Gasteiger partial charge in [0.2, 0.25) is 5.91 Å². The molecule has 4 rings (SSSR count). The number of nitrogens with zero attached hydrogens (tertiary/aromatic N) is 1. The van der Waals surface area contributed by atoms with Crippen molar-refractivity contribution in [2.24, 2.45) is 0 Å². The van der Waals surface area contributed by atoms with Crippen molar-refractivity contribution in [2.75, 3.05) is 24.3 Å². The van der Waals surface area contributed by atoms with Crippen LogP contribution in [0.3, 0.4) is 0 Å². The summed E-state index contributed by atoms with van der Waals surface area (Å²) in [6, 6.07) is 10.2. The zero-order chi connectivity index (χ0) is 21.1. The molecule has 30 heavy (non-hydrogen) atoms. The second-order valence-corrected chi connectivity index (χ2v) is 9.43. The number of rotatable bonds is 6. The Balaban J connectivity index is 1.37. The van der Waals surface area contributed by atoms with Crippen molar-refractivity contribution in [3.05, 3.63) is 53.7 Å². The Morgan fingerprint density at radius 2 is 1.83 bits per heavy atom. The Labute approximate surface area is 176 Å². The quantitative estimate of drug-likeness (QED) is 0.620. The van der Waals surface area contributed by atoms with Gasteiger partial charge in [0.15, 0.2) is 26.5 Å². The molecule has 1 aliphatic rings. The fraction of sp³-hybridized carbons (Fsp3) is 0.200. The highest BCUT2D eigenvalue weighted by Gasteiger charge is 2.21. The molecular formula is C20H17FN2O5S2. The summed E-state index contributed by atoms with van der Waals surface area (Å²) in [6.07, 6.45) is -0.220. The van der Waals surface area contributed by atoms with Crippen LogP contribution < -0.4 is 14.8 Å². The molecule has 0 unspecified atom stereocenters. The van der Waals surface area contributed by atoms with E-state index >= 15 is 0 Å². The molecule has 0 saturated carbocycles. The molecular weight excluding hydrogens is 431 g/mol. The normalized spacial score (nSPS) is 13.1. The Morgan fingerprint density at radius 3 is 2.60 bits per heavy atom. The van der Waals surface area contributed by atoms with E-state index in [4.69, 9.17) is 9.47 Å². The maximum atomic E-state index is 13.0. The fourth-order valence-corrected chi connectivity index (χ4v) is 4.82. The molecule has 1 aromatic heterocycles. The van der Waals surface area contributed by atoms with E-state index in [1.807, 2.05) is 0 Å². The number of hydrogen-bond donors (Lipinski definition) is 1. The van der Waals surface area contributed by atoms with Crippen LogP contribution in [0.4, 0.5) is 9.52 Å². The summed E-state index contributed by atoms with van der Waals surface area (Å²) in [5.74, 6) is -0.284. The molecule has 0 saturated heterocycles. The van der Waals surface area contributed by atoms with Gasteiger partial charge in [-0.1, -0.05) is 0 Å². The van der Waals surface area contributed by atoms with Crippen molar-refractivity contribution in [3.8, 4) is 22.8 Å². The topological polar surface area (TPSA) is 94.6 Å². The van der Waals surface area contributed by atoms with Gasteiger partial charge in [0, 0.05) is 23.4 Å². The third kappa shape index (κ3) is 4.60. The van der Waals surface area contributed by atoms with Gasteiger partial charge in [-0.3, -0.25) is 4.79 Å². The van der Waals surface area contributed by atoms with E-state index in [1.54, 1.807) is 23.6 Å². The van der Waals surface area contributed by atoms with Crippen LogP contribution >= 0.6 is 11.3 Å². The van der Waals surface area contributed by atoms with Crippen LogP contribution in [0.5, 0.6) is 11.5 Å². The van der Waals surface area contributed by atoms with Gasteiger partial charge in [0.1, 0.15) is 19.0 Å². The van der Waals surface area contributed by atoms with Crippen molar-refractivity contribution < 1.29 is 27.1 Å². The number of sulfone groups is 1. The van der Waals surface area contributed by atoms with Gasteiger partial charge in [0.25, 0.3) is 0 Å². The lowest BCUT2D eigenvalue weighted by Crippen LogP contribution is -2.18. The monoisotopic (exact) mass is 448 g/mol. The van der Waals surface area contributed by atoms with Crippen molar-refractivity contribution in [1.82, 2.24) is 4.98 Å². The van der Waals surface area contributed by atoms with Crippen molar-refractivity contribution in [1.29, 1.82) is 0 Å². The molecule has 3 aromatic rings. The summed E-state index contributed by atoms with van der Waals surface area (Å²) in [6.45, 7) is 0.769. The molecule has 0 fully saturated rings. The average Bonchev–Trinajstić information content (AvgIpc) is 3.21. The maximum absolute atomic E-state index is 13.0. The van der Waals surface area contributed by atoms with Gasteiger partial charge < -0.3 is 14.8 Å². The lowest BCUT2D eigenvalue weighted by molar-refractivity contribution is -0.115. The molecule has 1 N–H and O–H groups in total. The number of carbonyl (C=O) groups excluding carboxylic acids is 1. The van der Waals surface area contributed by atoms with Crippen LogP contribution in [0, 0.1) is 5.82 Å². The van der Waals surface area contributed by atoms with Gasteiger partial charge in [-0.25, -0.2) is 17.8 Å². The van der Waals surface area contributed by atoms with Gasteiger partial charge in [-0.2, -0.15) is 0 Å². The molecule has 1 aliphatic heterocycles. The van der Waals surface area contributed by atoms with E-state index in [-0.39, 0.29) is 22.9 Å². The first-order valence-electron chi connectivity index (χ1n) is 9.04. The third-order valence-electron chi connectivity index (χ3n) is 4.36. The van der Waals surface area contributed by atoms with E-state index in [9.17, 15) is 17.6 Å². The average molecular weight is 448 g/mol. The minimum atomic E-state index is -3.67. The number of halogens is 1.